The third-order valence-electron chi connectivity index (χ3n) is 2.77. The summed E-state index contributed by atoms with van der Waals surface area (Å²) in [5, 5.41) is 0.626. The second-order valence-corrected chi connectivity index (χ2v) is 5.10. The van der Waals surface area contributed by atoms with Crippen molar-refractivity contribution in [3.8, 4) is 0 Å². The third-order valence-corrected chi connectivity index (χ3v) is 3.40. The van der Waals surface area contributed by atoms with Crippen molar-refractivity contribution in [2.45, 2.75) is 26.2 Å². The number of halogens is 2. The summed E-state index contributed by atoms with van der Waals surface area (Å²) in [5.41, 5.74) is 6.42. The van der Waals surface area contributed by atoms with Gasteiger partial charge >= 0.3 is 0 Å². The maximum Gasteiger partial charge on any atom is 0.253 e. The summed E-state index contributed by atoms with van der Waals surface area (Å²) in [5.74, 6) is -0.0881. The molecule has 1 rings (SSSR count). The maximum absolute atomic E-state index is 12.1. The van der Waals surface area contributed by atoms with Crippen LogP contribution in [0.3, 0.4) is 0 Å². The fourth-order valence-electron chi connectivity index (χ4n) is 1.63. The Kier molecular flexibility index (Phi) is 5.76. The number of hydrogen-bond acceptors (Lipinski definition) is 2. The molecule has 0 bridgehead atoms. The molecule has 0 atom stereocenters. The highest BCUT2D eigenvalue weighted by molar-refractivity contribution is 6.39. The molecular weight excluding hydrogens is 271 g/mol. The molecule has 0 saturated heterocycles. The summed E-state index contributed by atoms with van der Waals surface area (Å²) in [4.78, 5) is 13.8. The lowest BCUT2D eigenvalue weighted by atomic mass is 10.1. The number of unbranched alkanes of at least 4 members (excludes halogenated alkanes) is 2. The first kappa shape index (κ1) is 15.1. The van der Waals surface area contributed by atoms with E-state index in [1.807, 2.05) is 0 Å². The second-order valence-electron chi connectivity index (χ2n) is 4.29. The number of nitrogen functional groups attached to an aromatic ring is 1. The molecule has 1 aromatic rings. The van der Waals surface area contributed by atoms with Crippen molar-refractivity contribution in [2.24, 2.45) is 0 Å². The van der Waals surface area contributed by atoms with Crippen molar-refractivity contribution in [2.75, 3.05) is 19.3 Å². The van der Waals surface area contributed by atoms with Crippen LogP contribution in [0, 0.1) is 0 Å². The number of nitrogens with two attached hydrogens (primary N) is 1. The van der Waals surface area contributed by atoms with Gasteiger partial charge in [-0.05, 0) is 18.6 Å². The van der Waals surface area contributed by atoms with Gasteiger partial charge < -0.3 is 10.6 Å². The highest BCUT2D eigenvalue weighted by atomic mass is 35.5. The van der Waals surface area contributed by atoms with Crippen molar-refractivity contribution in [1.82, 2.24) is 4.90 Å². The van der Waals surface area contributed by atoms with Gasteiger partial charge in [0, 0.05) is 19.2 Å². The molecule has 1 aromatic carbocycles. The largest absolute Gasteiger partial charge is 0.396 e. The van der Waals surface area contributed by atoms with Crippen LogP contribution in [-0.4, -0.2) is 24.4 Å². The highest BCUT2D eigenvalue weighted by Gasteiger charge is 2.14. The van der Waals surface area contributed by atoms with Gasteiger partial charge in [-0.3, -0.25) is 4.79 Å². The number of rotatable bonds is 5. The number of amides is 1. The van der Waals surface area contributed by atoms with E-state index >= 15 is 0 Å². The van der Waals surface area contributed by atoms with Crippen LogP contribution in [0.5, 0.6) is 0 Å². The Morgan fingerprint density at radius 1 is 1.28 bits per heavy atom. The maximum atomic E-state index is 12.1. The Morgan fingerprint density at radius 2 is 1.83 bits per heavy atom. The van der Waals surface area contributed by atoms with Crippen LogP contribution in [0.2, 0.25) is 10.0 Å². The molecule has 0 spiro atoms. The number of benzene rings is 1. The van der Waals surface area contributed by atoms with Gasteiger partial charge in [0.05, 0.1) is 15.7 Å². The molecule has 0 aliphatic rings. The summed E-state index contributed by atoms with van der Waals surface area (Å²) in [6.45, 7) is 2.85. The first-order valence-corrected chi connectivity index (χ1v) is 6.73. The van der Waals surface area contributed by atoms with Gasteiger partial charge in [-0.15, -0.1) is 0 Å². The molecule has 0 unspecified atom stereocenters. The van der Waals surface area contributed by atoms with Crippen molar-refractivity contribution < 1.29 is 4.79 Å². The number of carbonyl (C=O) groups is 1. The van der Waals surface area contributed by atoms with Crippen LogP contribution in [0.15, 0.2) is 12.1 Å². The highest BCUT2D eigenvalue weighted by Crippen LogP contribution is 2.29. The lowest BCUT2D eigenvalue weighted by Crippen LogP contribution is -2.27. The standard InChI is InChI=1S/C13H18Cl2N2O/c1-3-4-5-6-17(2)13(18)9-7-10(14)12(16)11(15)8-9/h7-8H,3-6,16H2,1-2H3. The summed E-state index contributed by atoms with van der Waals surface area (Å²) in [6.07, 6.45) is 3.23. The van der Waals surface area contributed by atoms with Crippen LogP contribution in [0.4, 0.5) is 5.69 Å². The Balaban J connectivity index is 2.77. The summed E-state index contributed by atoms with van der Waals surface area (Å²) >= 11 is 11.8. The fraction of sp³-hybridized carbons (Fsp3) is 0.462. The van der Waals surface area contributed by atoms with Crippen LogP contribution >= 0.6 is 23.2 Å². The minimum atomic E-state index is -0.0881. The first-order valence-electron chi connectivity index (χ1n) is 5.97. The normalized spacial score (nSPS) is 10.4. The molecule has 5 heteroatoms. The number of carbonyl (C=O) groups excluding carboxylic acids is 1. The monoisotopic (exact) mass is 288 g/mol. The second kappa shape index (κ2) is 6.86. The van der Waals surface area contributed by atoms with E-state index in [4.69, 9.17) is 28.9 Å². The predicted octanol–water partition coefficient (Wildman–Crippen LogP) is 3.84. The number of anilines is 1. The molecule has 0 fully saturated rings. The van der Waals surface area contributed by atoms with E-state index in [1.54, 1.807) is 24.1 Å². The molecule has 0 saturated carbocycles. The van der Waals surface area contributed by atoms with E-state index in [2.05, 4.69) is 6.92 Å². The molecule has 100 valence electrons. The zero-order chi connectivity index (χ0) is 13.7. The Hall–Kier alpha value is -0.930. The lowest BCUT2D eigenvalue weighted by Gasteiger charge is -2.17. The first-order chi connectivity index (χ1) is 8.47. The van der Waals surface area contributed by atoms with Gasteiger partial charge in [-0.25, -0.2) is 0 Å². The van der Waals surface area contributed by atoms with Gasteiger partial charge in [-0.2, -0.15) is 0 Å². The average molecular weight is 289 g/mol. The molecule has 0 heterocycles. The Morgan fingerprint density at radius 3 is 2.33 bits per heavy atom. The quantitative estimate of drug-likeness (QED) is 0.661. The fourth-order valence-corrected chi connectivity index (χ4v) is 2.12. The third kappa shape index (κ3) is 3.79. The minimum Gasteiger partial charge on any atom is -0.396 e. The van der Waals surface area contributed by atoms with Crippen LogP contribution < -0.4 is 5.73 Å². The van der Waals surface area contributed by atoms with Gasteiger partial charge in [0.15, 0.2) is 0 Å². The smallest absolute Gasteiger partial charge is 0.253 e. The zero-order valence-electron chi connectivity index (χ0n) is 10.7. The molecule has 0 aliphatic carbocycles. The van der Waals surface area contributed by atoms with E-state index in [0.717, 1.165) is 25.8 Å². The molecule has 2 N–H and O–H groups in total. The van der Waals surface area contributed by atoms with Crippen LogP contribution in [0.25, 0.3) is 0 Å². The van der Waals surface area contributed by atoms with Gasteiger partial charge in [-0.1, -0.05) is 43.0 Å². The molecule has 0 radical (unpaired) electrons. The predicted molar refractivity (Wildman–Crippen MR) is 77.4 cm³/mol. The van der Waals surface area contributed by atoms with Gasteiger partial charge in [0.2, 0.25) is 0 Å². The summed E-state index contributed by atoms with van der Waals surface area (Å²) in [7, 11) is 1.77. The van der Waals surface area contributed by atoms with Gasteiger partial charge in [0.1, 0.15) is 0 Å². The van der Waals surface area contributed by atoms with Gasteiger partial charge in [0.25, 0.3) is 5.91 Å². The van der Waals surface area contributed by atoms with E-state index in [9.17, 15) is 4.79 Å². The van der Waals surface area contributed by atoms with Crippen molar-refractivity contribution >= 4 is 34.8 Å². The molecule has 18 heavy (non-hydrogen) atoms. The molecule has 0 aliphatic heterocycles. The van der Waals surface area contributed by atoms with Crippen molar-refractivity contribution in [1.29, 1.82) is 0 Å². The Labute approximate surface area is 118 Å². The Bertz CT molecular complexity index is 412. The number of hydrogen-bond donors (Lipinski definition) is 1. The van der Waals surface area contributed by atoms with E-state index in [0.29, 0.717) is 21.3 Å². The van der Waals surface area contributed by atoms with Crippen molar-refractivity contribution in [3.63, 3.8) is 0 Å². The van der Waals surface area contributed by atoms with Crippen LogP contribution in [-0.2, 0) is 0 Å². The van der Waals surface area contributed by atoms with E-state index < -0.39 is 0 Å². The topological polar surface area (TPSA) is 46.3 Å². The molecule has 0 aromatic heterocycles. The summed E-state index contributed by atoms with van der Waals surface area (Å²) < 4.78 is 0. The molecule has 3 nitrogen and oxygen atoms in total. The zero-order valence-corrected chi connectivity index (χ0v) is 12.2. The SMILES string of the molecule is CCCCCN(C)C(=O)c1cc(Cl)c(N)c(Cl)c1. The number of nitrogens with zero attached hydrogens (tertiary/aromatic N) is 1. The van der Waals surface area contributed by atoms with Crippen molar-refractivity contribution in [3.05, 3.63) is 27.7 Å². The average Bonchev–Trinajstić information content (AvgIpc) is 2.34. The summed E-state index contributed by atoms with van der Waals surface area (Å²) in [6, 6.07) is 3.11. The lowest BCUT2D eigenvalue weighted by molar-refractivity contribution is 0.0792. The minimum absolute atomic E-state index is 0.0881. The molecule has 1 amide bonds. The van der Waals surface area contributed by atoms with Crippen LogP contribution in [0.1, 0.15) is 36.5 Å². The van der Waals surface area contributed by atoms with E-state index in [1.165, 1.54) is 0 Å². The van der Waals surface area contributed by atoms with E-state index in [-0.39, 0.29) is 5.91 Å². The molecular formula is C13H18Cl2N2O.